The van der Waals surface area contributed by atoms with Gasteiger partial charge in [0.1, 0.15) is 0 Å². The van der Waals surface area contributed by atoms with Crippen molar-refractivity contribution in [3.63, 3.8) is 0 Å². The van der Waals surface area contributed by atoms with Gasteiger partial charge in [-0.2, -0.15) is 0 Å². The Morgan fingerprint density at radius 3 is 2.27 bits per heavy atom. The summed E-state index contributed by atoms with van der Waals surface area (Å²) < 4.78 is 25.2. The Hall–Kier alpha value is -2.17. The number of rotatable bonds is 10. The van der Waals surface area contributed by atoms with Crippen LogP contribution in [0.2, 0.25) is 0 Å². The molecule has 4 aromatic rings. The van der Waals surface area contributed by atoms with Crippen molar-refractivity contribution in [3.05, 3.63) is 100 Å². The standard InChI is InChI=1S/C26H28NO4PSe/c1-27(2,18-21-10-5-3-6-11-21)17-16-23-20-33-25-15-9-14-24(26(23)25)31-32(28,29)30-19-22-12-7-4-8-13-22/h3-15,20H,16-19H2,1-2H3. The maximum atomic E-state index is 12.6. The molecule has 0 saturated carbocycles. The minimum absolute atomic E-state index is 0.0472. The van der Waals surface area contributed by atoms with Crippen LogP contribution in [0.5, 0.6) is 5.75 Å². The number of hydrogen-bond donors (Lipinski definition) is 0. The van der Waals surface area contributed by atoms with Gasteiger partial charge in [0.15, 0.2) is 0 Å². The molecule has 0 N–H and O–H groups in total. The average molecular weight is 528 g/mol. The van der Waals surface area contributed by atoms with E-state index >= 15 is 0 Å². The molecule has 0 spiro atoms. The van der Waals surface area contributed by atoms with Gasteiger partial charge in [0.2, 0.25) is 0 Å². The Labute approximate surface area is 201 Å². The van der Waals surface area contributed by atoms with Gasteiger partial charge in [-0.1, -0.05) is 0 Å². The second-order valence-electron chi connectivity index (χ2n) is 8.74. The number of quaternary nitrogens is 1. The molecule has 0 radical (unpaired) electrons. The van der Waals surface area contributed by atoms with Crippen molar-refractivity contribution in [1.29, 1.82) is 0 Å². The normalized spacial score (nSPS) is 13.7. The van der Waals surface area contributed by atoms with E-state index in [-0.39, 0.29) is 21.1 Å². The predicted octanol–water partition coefficient (Wildman–Crippen LogP) is 4.78. The molecule has 0 aliphatic heterocycles. The zero-order chi connectivity index (χ0) is 23.3. The molecule has 7 heteroatoms. The van der Waals surface area contributed by atoms with Gasteiger partial charge in [-0.3, -0.25) is 0 Å². The van der Waals surface area contributed by atoms with E-state index in [1.165, 1.54) is 5.56 Å². The summed E-state index contributed by atoms with van der Waals surface area (Å²) in [6, 6.07) is 25.3. The van der Waals surface area contributed by atoms with Crippen LogP contribution in [0.1, 0.15) is 16.7 Å². The fourth-order valence-electron chi connectivity index (χ4n) is 3.83. The molecule has 0 fully saturated rings. The van der Waals surface area contributed by atoms with E-state index in [2.05, 4.69) is 49.4 Å². The minimum atomic E-state index is -4.51. The van der Waals surface area contributed by atoms with Crippen molar-refractivity contribution in [2.45, 2.75) is 19.6 Å². The summed E-state index contributed by atoms with van der Waals surface area (Å²) in [4.78, 5) is 14.8. The summed E-state index contributed by atoms with van der Waals surface area (Å²) in [5.74, 6) is 0.359. The van der Waals surface area contributed by atoms with Gasteiger partial charge in [-0.25, -0.2) is 0 Å². The van der Waals surface area contributed by atoms with Crippen LogP contribution in [0.25, 0.3) is 9.65 Å². The van der Waals surface area contributed by atoms with Gasteiger partial charge in [-0.15, -0.1) is 0 Å². The molecule has 33 heavy (non-hydrogen) atoms. The molecule has 1 aromatic heterocycles. The first-order chi connectivity index (χ1) is 15.8. The zero-order valence-electron chi connectivity index (χ0n) is 18.8. The van der Waals surface area contributed by atoms with Crippen molar-refractivity contribution < 1.29 is 23.0 Å². The summed E-state index contributed by atoms with van der Waals surface area (Å²) in [6.45, 7) is 1.83. The van der Waals surface area contributed by atoms with E-state index in [1.807, 2.05) is 42.5 Å². The topological polar surface area (TPSA) is 58.6 Å². The molecule has 0 aliphatic carbocycles. The van der Waals surface area contributed by atoms with Gasteiger partial charge in [0.05, 0.1) is 0 Å². The fraction of sp³-hybridized carbons (Fsp3) is 0.231. The first-order valence-corrected chi connectivity index (χ1v) is 14.2. The number of benzene rings is 3. The van der Waals surface area contributed by atoms with Crippen LogP contribution in [0, 0.1) is 0 Å². The number of phosphoric ester groups is 1. The van der Waals surface area contributed by atoms with Crippen molar-refractivity contribution in [2.75, 3.05) is 20.6 Å². The van der Waals surface area contributed by atoms with Crippen molar-refractivity contribution in [3.8, 4) is 5.75 Å². The molecule has 0 bridgehead atoms. The Kier molecular flexibility index (Phi) is 7.55. The molecule has 1 heterocycles. The van der Waals surface area contributed by atoms with Crippen LogP contribution in [0.15, 0.2) is 83.8 Å². The Bertz CT molecular complexity index is 1240. The molecule has 0 saturated heterocycles. The number of nitrogens with zero attached hydrogens (tertiary/aromatic N) is 1. The second-order valence-corrected chi connectivity index (χ2v) is 12.0. The predicted molar refractivity (Wildman–Crippen MR) is 131 cm³/mol. The Morgan fingerprint density at radius 1 is 0.909 bits per heavy atom. The molecule has 4 rings (SSSR count). The Balaban J connectivity index is 1.47. The van der Waals surface area contributed by atoms with Crippen LogP contribution >= 0.6 is 7.82 Å². The number of fused-ring (bicyclic) bond motifs is 1. The summed E-state index contributed by atoms with van der Waals surface area (Å²) in [5, 5.41) is 0.914. The van der Waals surface area contributed by atoms with Crippen LogP contribution in [-0.4, -0.2) is 39.6 Å². The van der Waals surface area contributed by atoms with E-state index < -0.39 is 7.82 Å². The third-order valence-corrected chi connectivity index (χ3v) is 8.48. The van der Waals surface area contributed by atoms with Gasteiger partial charge < -0.3 is 0 Å². The number of likely N-dealkylation sites (N-methyl/N-ethyl adjacent to an activating group) is 1. The maximum absolute atomic E-state index is 12.6. The summed E-state index contributed by atoms with van der Waals surface area (Å²) in [6.07, 6.45) is 0.850. The van der Waals surface area contributed by atoms with Crippen LogP contribution in [0.4, 0.5) is 0 Å². The SMILES string of the molecule is C[N+](C)(CCc1c[se]c2cccc(OP(=O)([O-])OCc3ccccc3)c12)Cc1ccccc1. The first kappa shape index (κ1) is 24.0. The van der Waals surface area contributed by atoms with Gasteiger partial charge in [0, 0.05) is 0 Å². The monoisotopic (exact) mass is 529 g/mol. The molecule has 0 amide bonds. The molecular formula is C26H28NO4PSe. The second kappa shape index (κ2) is 10.4. The fourth-order valence-corrected chi connectivity index (χ4v) is 6.71. The summed E-state index contributed by atoms with van der Waals surface area (Å²) in [7, 11) is -0.0652. The average Bonchev–Trinajstić information content (AvgIpc) is 3.22. The van der Waals surface area contributed by atoms with E-state index in [0.717, 1.165) is 44.8 Å². The molecule has 3 aromatic carbocycles. The third kappa shape index (κ3) is 6.68. The molecule has 5 nitrogen and oxygen atoms in total. The van der Waals surface area contributed by atoms with Crippen LogP contribution in [0.3, 0.4) is 0 Å². The van der Waals surface area contributed by atoms with Crippen molar-refractivity contribution in [2.24, 2.45) is 0 Å². The zero-order valence-corrected chi connectivity index (χ0v) is 21.5. The summed E-state index contributed by atoms with van der Waals surface area (Å²) >= 11 is 0.165. The van der Waals surface area contributed by atoms with Gasteiger partial charge >= 0.3 is 201 Å². The molecule has 172 valence electrons. The molecule has 1 atom stereocenters. The first-order valence-electron chi connectivity index (χ1n) is 10.9. The Morgan fingerprint density at radius 2 is 1.58 bits per heavy atom. The quantitative estimate of drug-likeness (QED) is 0.169. The molecular weight excluding hydrogens is 500 g/mol. The molecule has 1 unspecified atom stereocenters. The number of phosphoric acid groups is 1. The van der Waals surface area contributed by atoms with Crippen LogP contribution in [-0.2, 0) is 28.7 Å². The van der Waals surface area contributed by atoms with E-state index in [4.69, 9.17) is 9.05 Å². The van der Waals surface area contributed by atoms with Gasteiger partial charge in [-0.05, 0) is 0 Å². The number of hydrogen-bond acceptors (Lipinski definition) is 4. The third-order valence-electron chi connectivity index (χ3n) is 5.52. The van der Waals surface area contributed by atoms with Crippen molar-refractivity contribution in [1.82, 2.24) is 0 Å². The molecule has 0 aliphatic rings. The van der Waals surface area contributed by atoms with E-state index in [9.17, 15) is 9.46 Å². The van der Waals surface area contributed by atoms with Crippen molar-refractivity contribution >= 4 is 32.0 Å². The summed E-state index contributed by atoms with van der Waals surface area (Å²) in [5.41, 5.74) is 3.24. The van der Waals surface area contributed by atoms with Gasteiger partial charge in [0.25, 0.3) is 0 Å². The van der Waals surface area contributed by atoms with Crippen LogP contribution < -0.4 is 9.42 Å². The van der Waals surface area contributed by atoms with E-state index in [1.54, 1.807) is 6.07 Å². The van der Waals surface area contributed by atoms with E-state index in [0.29, 0.717) is 5.75 Å².